The average Bonchev–Trinajstić information content (AvgIpc) is 3.06. The zero-order valence-corrected chi connectivity index (χ0v) is 16.1. The molecule has 0 spiro atoms. The number of carbonyl (C=O) groups excluding carboxylic acids is 1. The van der Waals surface area contributed by atoms with Gasteiger partial charge in [0.25, 0.3) is 5.91 Å². The number of nitrogens with one attached hydrogen (secondary N) is 1. The molecular weight excluding hydrogens is 393 g/mol. The Balaban J connectivity index is 0.00000136. The molecule has 0 aliphatic rings. The van der Waals surface area contributed by atoms with E-state index in [0.717, 1.165) is 10.7 Å². The highest BCUT2D eigenvalue weighted by molar-refractivity contribution is 6.34. The van der Waals surface area contributed by atoms with Crippen LogP contribution in [0.15, 0.2) is 48.7 Å². The van der Waals surface area contributed by atoms with Crippen LogP contribution in [-0.2, 0) is 13.2 Å². The van der Waals surface area contributed by atoms with Crippen LogP contribution in [0.25, 0.3) is 11.4 Å². The highest BCUT2D eigenvalue weighted by atomic mass is 35.5. The molecule has 3 rings (SSSR count). The lowest BCUT2D eigenvalue weighted by Gasteiger charge is -2.07. The molecule has 0 fully saturated rings. The molecule has 1 aromatic carbocycles. The lowest BCUT2D eigenvalue weighted by Crippen LogP contribution is -2.12. The number of benzene rings is 1. The molecule has 0 saturated carbocycles. The minimum absolute atomic E-state index is 0.210. The fraction of sp³-hybridized carbons (Fsp3) is 0.211. The second-order valence-electron chi connectivity index (χ2n) is 5.40. The fourth-order valence-corrected chi connectivity index (χ4v) is 2.53. The van der Waals surface area contributed by atoms with Crippen LogP contribution in [0.2, 0.25) is 5.02 Å². The lowest BCUT2D eigenvalue weighted by atomic mass is 10.2. The summed E-state index contributed by atoms with van der Waals surface area (Å²) in [6.45, 7) is 4.00. The molecule has 0 bridgehead atoms. The molecule has 0 atom stereocenters. The second kappa shape index (κ2) is 8.88. The van der Waals surface area contributed by atoms with Crippen LogP contribution in [0.5, 0.6) is 0 Å². The van der Waals surface area contributed by atoms with Crippen LogP contribution in [0.4, 0.5) is 18.9 Å². The summed E-state index contributed by atoms with van der Waals surface area (Å²) in [4.78, 5) is 16.3. The van der Waals surface area contributed by atoms with Crippen LogP contribution < -0.4 is 5.32 Å². The maximum Gasteiger partial charge on any atom is 0.435 e. The van der Waals surface area contributed by atoms with E-state index in [2.05, 4.69) is 15.4 Å². The van der Waals surface area contributed by atoms with Crippen molar-refractivity contribution in [3.05, 3.63) is 64.9 Å². The predicted octanol–water partition coefficient (Wildman–Crippen LogP) is 5.43. The van der Waals surface area contributed by atoms with E-state index in [9.17, 15) is 18.0 Å². The summed E-state index contributed by atoms with van der Waals surface area (Å²) in [6.07, 6.45) is -3.18. The van der Waals surface area contributed by atoms with E-state index >= 15 is 0 Å². The number of rotatable bonds is 3. The summed E-state index contributed by atoms with van der Waals surface area (Å²) in [6, 6.07) is 10.5. The molecule has 0 radical (unpaired) electrons. The Morgan fingerprint density at radius 3 is 2.36 bits per heavy atom. The molecule has 0 aliphatic carbocycles. The van der Waals surface area contributed by atoms with Gasteiger partial charge in [0.2, 0.25) is 0 Å². The summed E-state index contributed by atoms with van der Waals surface area (Å²) >= 11 is 5.97. The van der Waals surface area contributed by atoms with Crippen molar-refractivity contribution in [2.75, 3.05) is 5.32 Å². The van der Waals surface area contributed by atoms with E-state index in [1.807, 2.05) is 13.8 Å². The third-order valence-electron chi connectivity index (χ3n) is 3.57. The number of halogens is 4. The van der Waals surface area contributed by atoms with Crippen LogP contribution >= 0.6 is 11.6 Å². The van der Waals surface area contributed by atoms with Crippen LogP contribution in [0, 0.1) is 0 Å². The first-order valence-corrected chi connectivity index (χ1v) is 8.77. The van der Waals surface area contributed by atoms with E-state index < -0.39 is 17.8 Å². The SMILES string of the molecule is CC.Cn1nc(C(F)(F)F)cc1-c1ccc(NC(=O)c2ccccc2Cl)cn1. The fourth-order valence-electron chi connectivity index (χ4n) is 2.31. The Kier molecular flexibility index (Phi) is 6.80. The van der Waals surface area contributed by atoms with Gasteiger partial charge in [0, 0.05) is 7.05 Å². The first-order valence-electron chi connectivity index (χ1n) is 8.39. The van der Waals surface area contributed by atoms with E-state index in [1.54, 1.807) is 24.3 Å². The molecule has 148 valence electrons. The van der Waals surface area contributed by atoms with Crippen molar-refractivity contribution in [3.63, 3.8) is 0 Å². The topological polar surface area (TPSA) is 59.8 Å². The number of amides is 1. The Hall–Kier alpha value is -2.87. The third kappa shape index (κ3) is 4.89. The number of aryl methyl sites for hydroxylation is 1. The van der Waals surface area contributed by atoms with Crippen LogP contribution in [0.1, 0.15) is 29.9 Å². The number of alkyl halides is 3. The van der Waals surface area contributed by atoms with Gasteiger partial charge in [0.1, 0.15) is 0 Å². The monoisotopic (exact) mass is 410 g/mol. The van der Waals surface area contributed by atoms with Gasteiger partial charge in [0.05, 0.1) is 33.9 Å². The van der Waals surface area contributed by atoms with Crippen molar-refractivity contribution >= 4 is 23.2 Å². The van der Waals surface area contributed by atoms with Gasteiger partial charge in [-0.05, 0) is 30.3 Å². The van der Waals surface area contributed by atoms with Crippen molar-refractivity contribution < 1.29 is 18.0 Å². The van der Waals surface area contributed by atoms with Crippen molar-refractivity contribution in [3.8, 4) is 11.4 Å². The van der Waals surface area contributed by atoms with Crippen LogP contribution in [0.3, 0.4) is 0 Å². The molecule has 0 saturated heterocycles. The highest BCUT2D eigenvalue weighted by Crippen LogP contribution is 2.31. The zero-order chi connectivity index (χ0) is 20.9. The Morgan fingerprint density at radius 1 is 1.14 bits per heavy atom. The van der Waals surface area contributed by atoms with Gasteiger partial charge in [-0.15, -0.1) is 0 Å². The normalized spacial score (nSPS) is 10.8. The largest absolute Gasteiger partial charge is 0.435 e. The molecule has 2 aromatic heterocycles. The molecule has 0 unspecified atom stereocenters. The van der Waals surface area contributed by atoms with Crippen molar-refractivity contribution in [2.24, 2.45) is 7.05 Å². The summed E-state index contributed by atoms with van der Waals surface area (Å²) in [5, 5.41) is 6.39. The minimum Gasteiger partial charge on any atom is -0.321 e. The van der Waals surface area contributed by atoms with Crippen LogP contribution in [-0.4, -0.2) is 20.7 Å². The molecule has 28 heavy (non-hydrogen) atoms. The Morgan fingerprint density at radius 2 is 1.82 bits per heavy atom. The number of nitrogens with zero attached hydrogens (tertiary/aromatic N) is 3. The maximum atomic E-state index is 12.7. The van der Waals surface area contributed by atoms with Gasteiger partial charge in [-0.2, -0.15) is 18.3 Å². The van der Waals surface area contributed by atoms with Gasteiger partial charge in [-0.25, -0.2) is 0 Å². The molecule has 2 heterocycles. The number of aromatic nitrogens is 3. The molecule has 3 aromatic rings. The average molecular weight is 411 g/mol. The van der Waals surface area contributed by atoms with E-state index in [0.29, 0.717) is 22.0 Å². The molecule has 5 nitrogen and oxygen atoms in total. The van der Waals surface area contributed by atoms with E-state index in [1.165, 1.54) is 25.4 Å². The predicted molar refractivity (Wildman–Crippen MR) is 102 cm³/mol. The number of pyridine rings is 1. The Labute approximate surface area is 165 Å². The number of hydrogen-bond donors (Lipinski definition) is 1. The number of hydrogen-bond acceptors (Lipinski definition) is 3. The molecule has 9 heteroatoms. The van der Waals surface area contributed by atoms with Crippen molar-refractivity contribution in [1.82, 2.24) is 14.8 Å². The first-order chi connectivity index (χ1) is 13.3. The first kappa shape index (κ1) is 21.4. The lowest BCUT2D eigenvalue weighted by molar-refractivity contribution is -0.141. The summed E-state index contributed by atoms with van der Waals surface area (Å²) < 4.78 is 39.3. The number of carbonyl (C=O) groups is 1. The van der Waals surface area contributed by atoms with Crippen molar-refractivity contribution in [1.29, 1.82) is 0 Å². The molecule has 0 aliphatic heterocycles. The summed E-state index contributed by atoms with van der Waals surface area (Å²) in [5.41, 5.74) is 0.206. The smallest absolute Gasteiger partial charge is 0.321 e. The van der Waals surface area contributed by atoms with Gasteiger partial charge in [-0.3, -0.25) is 14.5 Å². The highest BCUT2D eigenvalue weighted by Gasteiger charge is 2.34. The van der Waals surface area contributed by atoms with Gasteiger partial charge in [-0.1, -0.05) is 37.6 Å². The van der Waals surface area contributed by atoms with E-state index in [-0.39, 0.29) is 5.69 Å². The van der Waals surface area contributed by atoms with Gasteiger partial charge < -0.3 is 5.32 Å². The molecule has 1 amide bonds. The maximum absolute atomic E-state index is 12.7. The number of anilines is 1. The Bertz CT molecular complexity index is 953. The van der Waals surface area contributed by atoms with Gasteiger partial charge >= 0.3 is 6.18 Å². The minimum atomic E-state index is -4.53. The summed E-state index contributed by atoms with van der Waals surface area (Å²) in [7, 11) is 1.40. The van der Waals surface area contributed by atoms with Gasteiger partial charge in [0.15, 0.2) is 5.69 Å². The third-order valence-corrected chi connectivity index (χ3v) is 3.90. The standard InChI is InChI=1S/C17H12ClF3N4O.C2H6/c1-25-14(8-15(24-25)17(19,20)21)13-7-6-10(9-22-13)23-16(26)11-4-2-3-5-12(11)18;1-2/h2-9H,1H3,(H,23,26);1-2H3. The quantitative estimate of drug-likeness (QED) is 0.626. The summed E-state index contributed by atoms with van der Waals surface area (Å²) in [5.74, 6) is -0.412. The van der Waals surface area contributed by atoms with E-state index in [4.69, 9.17) is 11.6 Å². The van der Waals surface area contributed by atoms with Crippen molar-refractivity contribution in [2.45, 2.75) is 20.0 Å². The molecule has 1 N–H and O–H groups in total. The molecular formula is C19H18ClF3N4O. The second-order valence-corrected chi connectivity index (χ2v) is 5.81. The zero-order valence-electron chi connectivity index (χ0n) is 15.4.